The van der Waals surface area contributed by atoms with Gasteiger partial charge in [-0.1, -0.05) is 0 Å². The molecule has 1 aliphatic rings. The van der Waals surface area contributed by atoms with Crippen LogP contribution < -0.4 is 10.0 Å². The molecule has 0 bridgehead atoms. The number of sulfonamides is 1. The predicted octanol–water partition coefficient (Wildman–Crippen LogP) is 4.25. The smallest absolute Gasteiger partial charge is 0.214 e. The second kappa shape index (κ2) is 8.27. The van der Waals surface area contributed by atoms with Crippen molar-refractivity contribution < 1.29 is 12.8 Å². The van der Waals surface area contributed by atoms with Crippen molar-refractivity contribution in [3.63, 3.8) is 0 Å². The summed E-state index contributed by atoms with van der Waals surface area (Å²) in [6, 6.07) is 12.2. The van der Waals surface area contributed by atoms with E-state index in [1.807, 2.05) is 12.1 Å². The highest BCUT2D eigenvalue weighted by molar-refractivity contribution is 7.90. The summed E-state index contributed by atoms with van der Waals surface area (Å²) in [4.78, 5) is 0. The van der Waals surface area contributed by atoms with Crippen molar-refractivity contribution >= 4 is 15.7 Å². The zero-order chi connectivity index (χ0) is 18.6. The van der Waals surface area contributed by atoms with Crippen LogP contribution in [0.4, 0.5) is 5.69 Å². The molecule has 1 fully saturated rings. The molecule has 0 amide bonds. The molecule has 0 saturated heterocycles. The Bertz CT molecular complexity index is 775. The molecule has 0 spiro atoms. The fourth-order valence-corrected chi connectivity index (χ4v) is 4.28. The van der Waals surface area contributed by atoms with Gasteiger partial charge >= 0.3 is 0 Å². The van der Waals surface area contributed by atoms with Gasteiger partial charge < -0.3 is 9.73 Å². The maximum atomic E-state index is 12.0. The summed E-state index contributed by atoms with van der Waals surface area (Å²) < 4.78 is 32.2. The van der Waals surface area contributed by atoms with E-state index in [0.29, 0.717) is 5.92 Å². The van der Waals surface area contributed by atoms with Crippen molar-refractivity contribution in [1.29, 1.82) is 0 Å². The van der Waals surface area contributed by atoms with Crippen molar-refractivity contribution in [2.24, 2.45) is 5.92 Å². The third-order valence-electron chi connectivity index (χ3n) is 5.08. The Morgan fingerprint density at radius 1 is 1.08 bits per heavy atom. The molecular weight excluding hydrogens is 348 g/mol. The molecule has 1 saturated carbocycles. The molecule has 142 valence electrons. The van der Waals surface area contributed by atoms with Crippen LogP contribution in [0.1, 0.15) is 39.5 Å². The number of furan rings is 1. The SMILES string of the molecule is CC(C)S(=O)(=O)NC1CCC(CNc2ccc(-c3ccco3)cc2)CC1. The standard InChI is InChI=1S/C20H28N2O3S/c1-15(2)26(23,24)22-19-9-5-16(6-10-19)14-21-18-11-7-17(8-12-18)20-4-3-13-25-20/h3-4,7-8,11-13,15-16,19,21-22H,5-6,9-10,14H2,1-2H3. The Morgan fingerprint density at radius 2 is 1.77 bits per heavy atom. The second-order valence-electron chi connectivity index (χ2n) is 7.36. The lowest BCUT2D eigenvalue weighted by molar-refractivity contribution is 0.323. The average Bonchev–Trinajstić information content (AvgIpc) is 3.16. The largest absolute Gasteiger partial charge is 0.464 e. The van der Waals surface area contributed by atoms with Gasteiger partial charge in [0, 0.05) is 23.8 Å². The highest BCUT2D eigenvalue weighted by atomic mass is 32.2. The Labute approximate surface area is 156 Å². The Kier molecular flexibility index (Phi) is 6.04. The van der Waals surface area contributed by atoms with E-state index in [9.17, 15) is 8.42 Å². The summed E-state index contributed by atoms with van der Waals surface area (Å²) in [5, 5.41) is 3.13. The van der Waals surface area contributed by atoms with Crippen molar-refractivity contribution in [3.8, 4) is 11.3 Å². The molecule has 1 aromatic carbocycles. The molecule has 0 radical (unpaired) electrons. The van der Waals surface area contributed by atoms with Crippen LogP contribution in [-0.2, 0) is 10.0 Å². The van der Waals surface area contributed by atoms with Gasteiger partial charge in [-0.15, -0.1) is 0 Å². The summed E-state index contributed by atoms with van der Waals surface area (Å²) in [7, 11) is -3.17. The van der Waals surface area contributed by atoms with Gasteiger partial charge in [0.2, 0.25) is 10.0 Å². The normalized spacial score (nSPS) is 21.0. The van der Waals surface area contributed by atoms with Gasteiger partial charge in [-0.05, 0) is 81.8 Å². The van der Waals surface area contributed by atoms with Crippen LogP contribution in [0.5, 0.6) is 0 Å². The molecule has 3 rings (SSSR count). The molecule has 0 aliphatic heterocycles. The summed E-state index contributed by atoms with van der Waals surface area (Å²) >= 11 is 0. The highest BCUT2D eigenvalue weighted by Gasteiger charge is 2.26. The number of hydrogen-bond donors (Lipinski definition) is 2. The molecule has 1 heterocycles. The van der Waals surface area contributed by atoms with Gasteiger partial charge in [0.15, 0.2) is 0 Å². The monoisotopic (exact) mass is 376 g/mol. The number of hydrogen-bond acceptors (Lipinski definition) is 4. The van der Waals surface area contributed by atoms with E-state index in [4.69, 9.17) is 4.42 Å². The van der Waals surface area contributed by atoms with Crippen LogP contribution in [0.3, 0.4) is 0 Å². The van der Waals surface area contributed by atoms with Crippen LogP contribution in [0.2, 0.25) is 0 Å². The first-order chi connectivity index (χ1) is 12.4. The zero-order valence-electron chi connectivity index (χ0n) is 15.4. The van der Waals surface area contributed by atoms with E-state index in [0.717, 1.165) is 49.2 Å². The van der Waals surface area contributed by atoms with Gasteiger partial charge in [0.05, 0.1) is 11.5 Å². The third kappa shape index (κ3) is 4.89. The fraction of sp³-hybridized carbons (Fsp3) is 0.500. The molecule has 26 heavy (non-hydrogen) atoms. The first-order valence-electron chi connectivity index (χ1n) is 9.33. The minimum Gasteiger partial charge on any atom is -0.464 e. The van der Waals surface area contributed by atoms with Crippen LogP contribution in [0, 0.1) is 5.92 Å². The summed E-state index contributed by atoms with van der Waals surface area (Å²) in [6.07, 6.45) is 5.59. The molecule has 5 nitrogen and oxygen atoms in total. The first kappa shape index (κ1) is 19.0. The average molecular weight is 377 g/mol. The van der Waals surface area contributed by atoms with E-state index in [2.05, 4.69) is 34.3 Å². The topological polar surface area (TPSA) is 71.3 Å². The summed E-state index contributed by atoms with van der Waals surface area (Å²) in [5.41, 5.74) is 2.17. The molecule has 2 aromatic rings. The number of anilines is 1. The van der Waals surface area contributed by atoms with Crippen LogP contribution in [0.25, 0.3) is 11.3 Å². The number of nitrogens with one attached hydrogen (secondary N) is 2. The first-order valence-corrected chi connectivity index (χ1v) is 10.9. The van der Waals surface area contributed by atoms with E-state index in [1.165, 1.54) is 0 Å². The molecule has 1 aromatic heterocycles. The van der Waals surface area contributed by atoms with Crippen LogP contribution >= 0.6 is 0 Å². The highest BCUT2D eigenvalue weighted by Crippen LogP contribution is 2.26. The summed E-state index contributed by atoms with van der Waals surface area (Å²) in [6.45, 7) is 4.35. The van der Waals surface area contributed by atoms with Gasteiger partial charge in [-0.2, -0.15) is 0 Å². The van der Waals surface area contributed by atoms with Gasteiger partial charge in [-0.25, -0.2) is 13.1 Å². The molecular formula is C20H28N2O3S. The van der Waals surface area contributed by atoms with E-state index in [-0.39, 0.29) is 11.3 Å². The maximum absolute atomic E-state index is 12.0. The van der Waals surface area contributed by atoms with Crippen LogP contribution in [0.15, 0.2) is 47.1 Å². The van der Waals surface area contributed by atoms with Crippen LogP contribution in [-0.4, -0.2) is 26.3 Å². The van der Waals surface area contributed by atoms with E-state index < -0.39 is 10.0 Å². The van der Waals surface area contributed by atoms with Crippen molar-refractivity contribution in [2.75, 3.05) is 11.9 Å². The number of benzene rings is 1. The molecule has 0 unspecified atom stereocenters. The van der Waals surface area contributed by atoms with Gasteiger partial charge in [0.25, 0.3) is 0 Å². The lowest BCUT2D eigenvalue weighted by Crippen LogP contribution is -2.41. The van der Waals surface area contributed by atoms with Gasteiger partial charge in [0.1, 0.15) is 5.76 Å². The van der Waals surface area contributed by atoms with Crippen molar-refractivity contribution in [1.82, 2.24) is 4.72 Å². The van der Waals surface area contributed by atoms with E-state index >= 15 is 0 Å². The predicted molar refractivity (Wildman–Crippen MR) is 106 cm³/mol. The Morgan fingerprint density at radius 3 is 2.35 bits per heavy atom. The lowest BCUT2D eigenvalue weighted by Gasteiger charge is -2.29. The third-order valence-corrected chi connectivity index (χ3v) is 6.99. The quantitative estimate of drug-likeness (QED) is 0.758. The number of rotatable bonds is 7. The second-order valence-corrected chi connectivity index (χ2v) is 9.63. The Hall–Kier alpha value is -1.79. The molecule has 2 N–H and O–H groups in total. The molecule has 0 atom stereocenters. The lowest BCUT2D eigenvalue weighted by atomic mass is 9.86. The maximum Gasteiger partial charge on any atom is 0.214 e. The van der Waals surface area contributed by atoms with E-state index in [1.54, 1.807) is 20.1 Å². The molecule has 1 aliphatic carbocycles. The fourth-order valence-electron chi connectivity index (χ4n) is 3.31. The van der Waals surface area contributed by atoms with Gasteiger partial charge in [-0.3, -0.25) is 0 Å². The molecule has 6 heteroatoms. The summed E-state index contributed by atoms with van der Waals surface area (Å²) in [5.74, 6) is 1.46. The van der Waals surface area contributed by atoms with Crippen molar-refractivity contribution in [2.45, 2.75) is 50.8 Å². The zero-order valence-corrected chi connectivity index (χ0v) is 16.3. The van der Waals surface area contributed by atoms with Crippen molar-refractivity contribution in [3.05, 3.63) is 42.7 Å². The Balaban J connectivity index is 1.44. The minimum atomic E-state index is -3.17. The minimum absolute atomic E-state index is 0.0891.